The minimum Gasteiger partial charge on any atom is -0.352 e. The Labute approximate surface area is 133 Å². The smallest absolute Gasteiger partial charge is 0.171 e. The number of halogens is 1. The summed E-state index contributed by atoms with van der Waals surface area (Å²) in [7, 11) is 0. The van der Waals surface area contributed by atoms with Gasteiger partial charge in [-0.2, -0.15) is 0 Å². The average molecular weight is 320 g/mol. The van der Waals surface area contributed by atoms with Crippen molar-refractivity contribution in [1.82, 2.24) is 5.32 Å². The van der Waals surface area contributed by atoms with Gasteiger partial charge < -0.3 is 10.6 Å². The Hall–Kier alpha value is -1.46. The maximum absolute atomic E-state index is 13.2. The van der Waals surface area contributed by atoms with Crippen molar-refractivity contribution in [3.63, 3.8) is 0 Å². The van der Waals surface area contributed by atoms with Crippen LogP contribution in [0, 0.1) is 5.82 Å². The van der Waals surface area contributed by atoms with E-state index in [4.69, 9.17) is 12.2 Å². The summed E-state index contributed by atoms with van der Waals surface area (Å²) in [4.78, 5) is 1.32. The quantitative estimate of drug-likeness (QED) is 0.806. The summed E-state index contributed by atoms with van der Waals surface area (Å²) in [6, 6.07) is 10.6. The van der Waals surface area contributed by atoms with E-state index in [2.05, 4.69) is 28.1 Å². The summed E-state index contributed by atoms with van der Waals surface area (Å²) in [5.41, 5.74) is 0.609. The Balaban J connectivity index is 1.73. The minimum absolute atomic E-state index is 0.0639. The van der Waals surface area contributed by atoms with Crippen molar-refractivity contribution in [2.75, 3.05) is 5.32 Å². The molecule has 1 aromatic heterocycles. The van der Waals surface area contributed by atoms with E-state index in [0.29, 0.717) is 10.8 Å². The first kappa shape index (κ1) is 14.5. The second-order valence-electron chi connectivity index (χ2n) is 5.36. The number of anilines is 1. The third kappa shape index (κ3) is 3.24. The van der Waals surface area contributed by atoms with Gasteiger partial charge in [0.15, 0.2) is 5.11 Å². The van der Waals surface area contributed by atoms with Gasteiger partial charge in [-0.3, -0.25) is 0 Å². The molecular formula is C16H17FN2S2. The lowest BCUT2D eigenvalue weighted by molar-refractivity contribution is 0.417. The van der Waals surface area contributed by atoms with Crippen molar-refractivity contribution >= 4 is 34.4 Å². The molecule has 1 aliphatic carbocycles. The number of hydrogen-bond acceptors (Lipinski definition) is 2. The first-order valence-electron chi connectivity index (χ1n) is 7.07. The van der Waals surface area contributed by atoms with E-state index < -0.39 is 0 Å². The van der Waals surface area contributed by atoms with Crippen molar-refractivity contribution in [3.05, 3.63) is 52.5 Å². The second kappa shape index (κ2) is 6.12. The minimum atomic E-state index is -0.267. The molecule has 110 valence electrons. The summed E-state index contributed by atoms with van der Waals surface area (Å²) in [6.07, 6.45) is 4.57. The van der Waals surface area contributed by atoms with Crippen molar-refractivity contribution in [1.29, 1.82) is 0 Å². The van der Waals surface area contributed by atoms with Crippen LogP contribution in [-0.2, 0) is 5.54 Å². The molecule has 2 N–H and O–H groups in total. The third-order valence-electron chi connectivity index (χ3n) is 3.89. The first-order valence-corrected chi connectivity index (χ1v) is 8.35. The van der Waals surface area contributed by atoms with E-state index in [1.807, 2.05) is 6.07 Å². The molecule has 21 heavy (non-hydrogen) atoms. The van der Waals surface area contributed by atoms with E-state index >= 15 is 0 Å². The molecule has 0 radical (unpaired) electrons. The lowest BCUT2D eigenvalue weighted by Crippen LogP contribution is -2.45. The molecule has 0 amide bonds. The van der Waals surface area contributed by atoms with Gasteiger partial charge >= 0.3 is 0 Å². The Morgan fingerprint density at radius 2 is 2.00 bits per heavy atom. The first-order chi connectivity index (χ1) is 10.2. The normalized spacial score (nSPS) is 16.6. The van der Waals surface area contributed by atoms with Crippen molar-refractivity contribution in [2.45, 2.75) is 31.2 Å². The van der Waals surface area contributed by atoms with E-state index in [0.717, 1.165) is 12.8 Å². The van der Waals surface area contributed by atoms with Crippen LogP contribution >= 0.6 is 23.6 Å². The average Bonchev–Trinajstić information content (AvgIpc) is 3.09. The molecule has 1 aromatic carbocycles. The van der Waals surface area contributed by atoms with Crippen molar-refractivity contribution in [3.8, 4) is 0 Å². The summed E-state index contributed by atoms with van der Waals surface area (Å²) in [6.45, 7) is 0. The van der Waals surface area contributed by atoms with Crippen LogP contribution in [0.25, 0.3) is 0 Å². The molecule has 2 aromatic rings. The van der Waals surface area contributed by atoms with Crippen LogP contribution in [-0.4, -0.2) is 5.11 Å². The molecule has 1 fully saturated rings. The molecule has 1 saturated carbocycles. The van der Waals surface area contributed by atoms with Crippen molar-refractivity contribution < 1.29 is 4.39 Å². The van der Waals surface area contributed by atoms with Crippen LogP contribution in [0.15, 0.2) is 41.8 Å². The van der Waals surface area contributed by atoms with Crippen LogP contribution in [0.2, 0.25) is 0 Å². The van der Waals surface area contributed by atoms with Gasteiger partial charge in [-0.15, -0.1) is 11.3 Å². The summed E-state index contributed by atoms with van der Waals surface area (Å²) < 4.78 is 13.2. The molecule has 3 rings (SSSR count). The molecule has 0 aliphatic heterocycles. The standard InChI is InChI=1S/C16H17FN2S2/c17-12-5-3-6-13(11-12)18-15(20)19-16(8-1-2-9-16)14-7-4-10-21-14/h3-7,10-11H,1-2,8-9H2,(H2,18,19,20). The molecule has 2 nitrogen and oxygen atoms in total. The number of benzene rings is 1. The fraction of sp³-hybridized carbons (Fsp3) is 0.312. The van der Waals surface area contributed by atoms with Gasteiger partial charge in [0.25, 0.3) is 0 Å². The zero-order valence-electron chi connectivity index (χ0n) is 11.6. The highest BCUT2D eigenvalue weighted by atomic mass is 32.1. The van der Waals surface area contributed by atoms with Gasteiger partial charge in [-0.1, -0.05) is 25.0 Å². The third-order valence-corrected chi connectivity index (χ3v) is 5.16. The second-order valence-corrected chi connectivity index (χ2v) is 6.71. The monoisotopic (exact) mass is 320 g/mol. The largest absolute Gasteiger partial charge is 0.352 e. The lowest BCUT2D eigenvalue weighted by atomic mass is 9.96. The number of thiocarbonyl (C=S) groups is 1. The molecule has 0 unspecified atom stereocenters. The van der Waals surface area contributed by atoms with E-state index in [-0.39, 0.29) is 11.4 Å². The highest BCUT2D eigenvalue weighted by molar-refractivity contribution is 7.80. The molecular weight excluding hydrogens is 303 g/mol. The maximum Gasteiger partial charge on any atom is 0.171 e. The zero-order valence-corrected chi connectivity index (χ0v) is 13.2. The van der Waals surface area contributed by atoms with Crippen LogP contribution in [0.5, 0.6) is 0 Å². The Morgan fingerprint density at radius 1 is 1.19 bits per heavy atom. The van der Waals surface area contributed by atoms with Gasteiger partial charge in [0, 0.05) is 10.6 Å². The van der Waals surface area contributed by atoms with Gasteiger partial charge in [-0.05, 0) is 54.7 Å². The summed E-state index contributed by atoms with van der Waals surface area (Å²) >= 11 is 7.18. The number of nitrogens with one attached hydrogen (secondary N) is 2. The van der Waals surface area contributed by atoms with E-state index in [9.17, 15) is 4.39 Å². The highest BCUT2D eigenvalue weighted by Crippen LogP contribution is 2.40. The molecule has 1 aliphatic rings. The molecule has 5 heteroatoms. The molecule has 0 spiro atoms. The van der Waals surface area contributed by atoms with Gasteiger partial charge in [-0.25, -0.2) is 4.39 Å². The van der Waals surface area contributed by atoms with Crippen LogP contribution in [0.1, 0.15) is 30.6 Å². The van der Waals surface area contributed by atoms with Gasteiger partial charge in [0.1, 0.15) is 5.82 Å². The highest BCUT2D eigenvalue weighted by Gasteiger charge is 2.37. The van der Waals surface area contributed by atoms with Crippen molar-refractivity contribution in [2.24, 2.45) is 0 Å². The SMILES string of the molecule is Fc1cccc(NC(=S)NC2(c3cccs3)CCCC2)c1. The van der Waals surface area contributed by atoms with E-state index in [1.165, 1.54) is 29.9 Å². The summed E-state index contributed by atoms with van der Waals surface area (Å²) in [5.74, 6) is -0.267. The summed E-state index contributed by atoms with van der Waals surface area (Å²) in [5, 5.41) is 9.20. The lowest BCUT2D eigenvalue weighted by Gasteiger charge is -2.31. The maximum atomic E-state index is 13.2. The molecule has 0 bridgehead atoms. The number of thiophene rings is 1. The predicted octanol–water partition coefficient (Wildman–Crippen LogP) is 4.64. The molecule has 0 atom stereocenters. The predicted molar refractivity (Wildman–Crippen MR) is 90.2 cm³/mol. The van der Waals surface area contributed by atoms with Crippen LogP contribution < -0.4 is 10.6 Å². The fourth-order valence-electron chi connectivity index (χ4n) is 2.91. The fourth-order valence-corrected chi connectivity index (χ4v) is 4.16. The molecule has 1 heterocycles. The number of rotatable bonds is 3. The Bertz CT molecular complexity index is 619. The topological polar surface area (TPSA) is 24.1 Å². The zero-order chi connectivity index (χ0) is 14.7. The van der Waals surface area contributed by atoms with Crippen LogP contribution in [0.4, 0.5) is 10.1 Å². The Morgan fingerprint density at radius 3 is 2.67 bits per heavy atom. The molecule has 0 saturated heterocycles. The Kier molecular flexibility index (Phi) is 4.22. The van der Waals surface area contributed by atoms with E-state index in [1.54, 1.807) is 17.4 Å². The van der Waals surface area contributed by atoms with Crippen LogP contribution in [0.3, 0.4) is 0 Å². The van der Waals surface area contributed by atoms with Gasteiger partial charge in [0.2, 0.25) is 0 Å². The number of hydrogen-bond donors (Lipinski definition) is 2. The van der Waals surface area contributed by atoms with Gasteiger partial charge in [0.05, 0.1) is 5.54 Å².